The van der Waals surface area contributed by atoms with Crippen molar-refractivity contribution in [3.63, 3.8) is 0 Å². The van der Waals surface area contributed by atoms with Crippen LogP contribution in [0.2, 0.25) is 0 Å². The van der Waals surface area contributed by atoms with Gasteiger partial charge in [-0.3, -0.25) is 0 Å². The molecular formula is C38H46O6Sn2. The van der Waals surface area contributed by atoms with Crippen molar-refractivity contribution in [2.75, 3.05) is 39.6 Å². The third-order valence-electron chi connectivity index (χ3n) is 8.53. The Labute approximate surface area is 284 Å². The first-order valence-electron chi connectivity index (χ1n) is 16.6. The second-order valence-electron chi connectivity index (χ2n) is 12.4. The standard InChI is InChI=1S/C10H18O6.4C7H7.2Sn/c11-5-9(13)7-15-3-1-2-4-16-8-10(14)6-12;4*1-7-5-3-2-4-6-7;;/h9-10H,1-8H2;4*2-6H,1H2;;/q-4;;;;;2*+2. The summed E-state index contributed by atoms with van der Waals surface area (Å²) in [5.74, 6) is 0. The molecule has 0 bridgehead atoms. The van der Waals surface area contributed by atoms with Crippen molar-refractivity contribution in [2.24, 2.45) is 0 Å². The molecule has 2 atom stereocenters. The van der Waals surface area contributed by atoms with Crippen molar-refractivity contribution in [1.82, 2.24) is 0 Å². The third-order valence-corrected chi connectivity index (χ3v) is 27.6. The van der Waals surface area contributed by atoms with Gasteiger partial charge < -0.3 is 0 Å². The predicted molar refractivity (Wildman–Crippen MR) is 185 cm³/mol. The van der Waals surface area contributed by atoms with Crippen molar-refractivity contribution in [2.45, 2.75) is 42.8 Å². The summed E-state index contributed by atoms with van der Waals surface area (Å²) in [7, 11) is 0. The van der Waals surface area contributed by atoms with Crippen LogP contribution in [0.4, 0.5) is 0 Å². The molecule has 0 spiro atoms. The quantitative estimate of drug-likeness (QED) is 0.0879. The summed E-state index contributed by atoms with van der Waals surface area (Å²) in [6.07, 6.45) is 1.92. The van der Waals surface area contributed by atoms with E-state index in [1.807, 2.05) is 0 Å². The summed E-state index contributed by atoms with van der Waals surface area (Å²) in [4.78, 5) is 0. The van der Waals surface area contributed by atoms with E-state index in [1.165, 1.54) is 22.3 Å². The molecule has 2 fully saturated rings. The second-order valence-corrected chi connectivity index (χ2v) is 29.9. The van der Waals surface area contributed by atoms with E-state index in [2.05, 4.69) is 121 Å². The fraction of sp³-hybridized carbons (Fsp3) is 0.368. The van der Waals surface area contributed by atoms with Gasteiger partial charge in [0.15, 0.2) is 0 Å². The van der Waals surface area contributed by atoms with Gasteiger partial charge in [-0.15, -0.1) is 0 Å². The minimum absolute atomic E-state index is 0.0114. The SMILES string of the molecule is c1ccc([CH2][Sn]2([CH2]c3ccccc3)[O]CC(COCCCCOCC3C[O][Sn]([CH2]c4ccccc4)([CH2]c4ccccc4)[O]3)[O]2)cc1. The van der Waals surface area contributed by atoms with Crippen LogP contribution in [-0.2, 0) is 39.5 Å². The molecule has 2 aliphatic rings. The normalized spacial score (nSPS) is 20.2. The fourth-order valence-corrected chi connectivity index (χ4v) is 26.4. The number of hydrogen-bond acceptors (Lipinski definition) is 6. The molecule has 0 N–H and O–H groups in total. The summed E-state index contributed by atoms with van der Waals surface area (Å²) in [5, 5.41) is 0. The molecule has 6 rings (SSSR count). The van der Waals surface area contributed by atoms with E-state index in [0.29, 0.717) is 39.6 Å². The topological polar surface area (TPSA) is 55.4 Å². The first-order valence-corrected chi connectivity index (χ1v) is 29.4. The molecular weight excluding hydrogens is 790 g/mol. The Bertz CT molecular complexity index is 1230. The fourth-order valence-electron chi connectivity index (χ4n) is 6.36. The van der Waals surface area contributed by atoms with Gasteiger partial charge in [0.25, 0.3) is 0 Å². The average Bonchev–Trinajstić information content (AvgIpc) is 3.67. The van der Waals surface area contributed by atoms with Crippen LogP contribution in [-0.4, -0.2) is 90.3 Å². The van der Waals surface area contributed by atoms with Gasteiger partial charge in [-0.05, 0) is 0 Å². The summed E-state index contributed by atoms with van der Waals surface area (Å²) in [6.45, 7) is 3.80. The van der Waals surface area contributed by atoms with Crippen LogP contribution in [0.5, 0.6) is 0 Å². The zero-order chi connectivity index (χ0) is 31.3. The first kappa shape index (κ1) is 34.1. The minimum atomic E-state index is -3.35. The van der Waals surface area contributed by atoms with Gasteiger partial charge in [0.1, 0.15) is 0 Å². The van der Waals surface area contributed by atoms with Gasteiger partial charge in [-0.1, -0.05) is 0 Å². The van der Waals surface area contributed by atoms with Gasteiger partial charge >= 0.3 is 286 Å². The molecule has 2 aliphatic heterocycles. The van der Waals surface area contributed by atoms with Crippen molar-refractivity contribution >= 4 is 38.4 Å². The van der Waals surface area contributed by atoms with Gasteiger partial charge in [-0.2, -0.15) is 0 Å². The average molecular weight is 836 g/mol. The molecule has 242 valence electrons. The van der Waals surface area contributed by atoms with Crippen LogP contribution in [0.1, 0.15) is 35.1 Å². The van der Waals surface area contributed by atoms with Crippen molar-refractivity contribution in [3.05, 3.63) is 144 Å². The van der Waals surface area contributed by atoms with Crippen LogP contribution < -0.4 is 0 Å². The van der Waals surface area contributed by atoms with E-state index < -0.39 is 38.4 Å². The van der Waals surface area contributed by atoms with Crippen LogP contribution in [0.25, 0.3) is 0 Å². The third kappa shape index (κ3) is 10.4. The maximum absolute atomic E-state index is 6.77. The molecule has 2 saturated heterocycles. The van der Waals surface area contributed by atoms with Gasteiger partial charge in [0, 0.05) is 0 Å². The maximum atomic E-state index is 6.77. The van der Waals surface area contributed by atoms with Gasteiger partial charge in [-0.25, -0.2) is 0 Å². The molecule has 0 saturated carbocycles. The van der Waals surface area contributed by atoms with Crippen molar-refractivity contribution in [1.29, 1.82) is 0 Å². The van der Waals surface area contributed by atoms with Crippen molar-refractivity contribution in [3.8, 4) is 0 Å². The molecule has 0 aromatic heterocycles. The Morgan fingerprint density at radius 2 is 0.761 bits per heavy atom. The van der Waals surface area contributed by atoms with Crippen LogP contribution in [0.3, 0.4) is 0 Å². The summed E-state index contributed by atoms with van der Waals surface area (Å²) in [6, 6.07) is 42.5. The molecule has 4 aromatic rings. The van der Waals surface area contributed by atoms with Crippen LogP contribution in [0, 0.1) is 0 Å². The van der Waals surface area contributed by atoms with E-state index >= 15 is 0 Å². The first-order chi connectivity index (χ1) is 22.7. The molecule has 8 heteroatoms. The zero-order valence-corrected chi connectivity index (χ0v) is 32.3. The van der Waals surface area contributed by atoms with Gasteiger partial charge in [0.05, 0.1) is 0 Å². The van der Waals surface area contributed by atoms with Crippen LogP contribution in [0.15, 0.2) is 121 Å². The Morgan fingerprint density at radius 3 is 1.07 bits per heavy atom. The van der Waals surface area contributed by atoms with Crippen molar-refractivity contribution < 1.29 is 21.8 Å². The number of hydrogen-bond donors (Lipinski definition) is 0. The number of rotatable bonds is 17. The molecule has 0 radical (unpaired) electrons. The summed E-state index contributed by atoms with van der Waals surface area (Å²) >= 11 is -6.71. The number of ether oxygens (including phenoxy) is 2. The van der Waals surface area contributed by atoms with E-state index in [-0.39, 0.29) is 12.2 Å². The molecule has 6 nitrogen and oxygen atoms in total. The molecule has 2 unspecified atom stereocenters. The van der Waals surface area contributed by atoms with Crippen LogP contribution >= 0.6 is 0 Å². The molecule has 0 aliphatic carbocycles. The van der Waals surface area contributed by atoms with Gasteiger partial charge in [0.2, 0.25) is 0 Å². The Balaban J connectivity index is 0.896. The number of benzene rings is 4. The van der Waals surface area contributed by atoms with E-state index in [9.17, 15) is 0 Å². The molecule has 2 heterocycles. The predicted octanol–water partition coefficient (Wildman–Crippen LogP) is 6.64. The summed E-state index contributed by atoms with van der Waals surface area (Å²) in [5.41, 5.74) is 5.19. The molecule has 0 amide bonds. The van der Waals surface area contributed by atoms with E-state index in [1.54, 1.807) is 0 Å². The molecule has 46 heavy (non-hydrogen) atoms. The number of unbranched alkanes of at least 4 members (excludes halogenated alkanes) is 1. The summed E-state index contributed by atoms with van der Waals surface area (Å²) < 4.78 is 42.5. The molecule has 4 aromatic carbocycles. The Morgan fingerprint density at radius 1 is 0.457 bits per heavy atom. The van der Waals surface area contributed by atoms with E-state index in [0.717, 1.165) is 30.6 Å². The van der Waals surface area contributed by atoms with E-state index in [4.69, 9.17) is 21.8 Å². The Hall–Kier alpha value is -1.76. The Kier molecular flexibility index (Phi) is 13.0. The monoisotopic (exact) mass is 838 g/mol. The second kappa shape index (κ2) is 17.6. The zero-order valence-electron chi connectivity index (χ0n) is 26.6.